The van der Waals surface area contributed by atoms with E-state index in [4.69, 9.17) is 16.0 Å². The Labute approximate surface area is 219 Å². The molecule has 2 heterocycles. The second-order valence-electron chi connectivity index (χ2n) is 10.00. The average Bonchev–Trinajstić information content (AvgIpc) is 2.91. The van der Waals surface area contributed by atoms with E-state index in [9.17, 15) is 19.6 Å². The van der Waals surface area contributed by atoms with Crippen molar-refractivity contribution in [1.82, 2.24) is 15.1 Å². The Hall–Kier alpha value is -2.91. The number of likely N-dealkylation sites (tertiary alicyclic amines) is 1. The smallest absolute Gasteiger partial charge is 0.447 e. The van der Waals surface area contributed by atoms with Crippen molar-refractivity contribution < 1.29 is 29.1 Å². The van der Waals surface area contributed by atoms with Crippen molar-refractivity contribution in [2.75, 3.05) is 39.5 Å². The number of alkyl carbamates (subject to hydrolysis) is 1. The van der Waals surface area contributed by atoms with E-state index in [2.05, 4.69) is 15.1 Å². The van der Waals surface area contributed by atoms with Crippen LogP contribution in [0.4, 0.5) is 4.79 Å². The van der Waals surface area contributed by atoms with Crippen molar-refractivity contribution >= 4 is 19.1 Å². The van der Waals surface area contributed by atoms with Crippen molar-refractivity contribution in [1.29, 1.82) is 0 Å². The Bertz CT molecular complexity index is 975. The third-order valence-corrected chi connectivity index (χ3v) is 6.91. The van der Waals surface area contributed by atoms with E-state index < -0.39 is 24.7 Å². The number of piperidine rings is 1. The van der Waals surface area contributed by atoms with Gasteiger partial charge in [-0.05, 0) is 45.1 Å². The SMILES string of the molecule is [C-]#[N+]C(=CC(C)(C)N1CCOCC1)C(=O)N1CCCC[C@@H]1COC(=O)N[C@@H](Cc1ccccc1)B(O)O. The van der Waals surface area contributed by atoms with Crippen LogP contribution in [0.1, 0.15) is 38.7 Å². The van der Waals surface area contributed by atoms with Gasteiger partial charge in [-0.2, -0.15) is 0 Å². The molecule has 0 bridgehead atoms. The van der Waals surface area contributed by atoms with Crippen molar-refractivity contribution in [3.63, 3.8) is 0 Å². The number of amides is 2. The third-order valence-electron chi connectivity index (χ3n) is 6.91. The van der Waals surface area contributed by atoms with Crippen LogP contribution in [0.5, 0.6) is 0 Å². The van der Waals surface area contributed by atoms with Crippen molar-refractivity contribution in [3.8, 4) is 0 Å². The first-order valence-electron chi connectivity index (χ1n) is 12.8. The van der Waals surface area contributed by atoms with Crippen LogP contribution in [0.2, 0.25) is 0 Å². The van der Waals surface area contributed by atoms with Crippen LogP contribution in [0.3, 0.4) is 0 Å². The predicted molar refractivity (Wildman–Crippen MR) is 139 cm³/mol. The highest BCUT2D eigenvalue weighted by Gasteiger charge is 2.33. The molecule has 2 fully saturated rings. The van der Waals surface area contributed by atoms with E-state index in [1.807, 2.05) is 44.2 Å². The number of rotatable bonds is 9. The lowest BCUT2D eigenvalue weighted by atomic mass is 9.76. The van der Waals surface area contributed by atoms with Gasteiger partial charge in [-0.3, -0.25) is 9.69 Å². The van der Waals surface area contributed by atoms with E-state index in [0.29, 0.717) is 26.2 Å². The van der Waals surface area contributed by atoms with E-state index in [1.165, 1.54) is 0 Å². The van der Waals surface area contributed by atoms with Gasteiger partial charge < -0.3 is 29.7 Å². The minimum Gasteiger partial charge on any atom is -0.447 e. The lowest BCUT2D eigenvalue weighted by Gasteiger charge is -2.40. The Morgan fingerprint density at radius 3 is 2.59 bits per heavy atom. The summed E-state index contributed by atoms with van der Waals surface area (Å²) in [6, 6.07) is 8.81. The number of carbonyl (C=O) groups excluding carboxylic acids is 2. The molecule has 2 amide bonds. The first kappa shape index (κ1) is 28.7. The van der Waals surface area contributed by atoms with Crippen LogP contribution in [-0.4, -0.2) is 95.9 Å². The summed E-state index contributed by atoms with van der Waals surface area (Å²) in [5.41, 5.74) is 0.405. The minimum atomic E-state index is -1.76. The zero-order valence-corrected chi connectivity index (χ0v) is 21.6. The highest BCUT2D eigenvalue weighted by atomic mass is 16.5. The summed E-state index contributed by atoms with van der Waals surface area (Å²) in [5.74, 6) is -1.31. The van der Waals surface area contributed by atoms with Crippen LogP contribution < -0.4 is 5.32 Å². The molecule has 0 unspecified atom stereocenters. The molecule has 0 aromatic heterocycles. The molecule has 0 saturated carbocycles. The molecule has 2 saturated heterocycles. The number of nitrogens with zero attached hydrogens (tertiary/aromatic N) is 3. The van der Waals surface area contributed by atoms with Gasteiger partial charge in [0.1, 0.15) is 6.61 Å². The molecule has 2 aliphatic heterocycles. The zero-order valence-electron chi connectivity index (χ0n) is 21.6. The molecule has 3 N–H and O–H groups in total. The lowest BCUT2D eigenvalue weighted by Crippen LogP contribution is -2.51. The quantitative estimate of drug-likeness (QED) is 0.262. The van der Waals surface area contributed by atoms with Crippen molar-refractivity contribution in [3.05, 3.63) is 59.1 Å². The van der Waals surface area contributed by atoms with Gasteiger partial charge in [-0.25, -0.2) is 9.64 Å². The fourth-order valence-electron chi connectivity index (χ4n) is 4.76. The predicted octanol–water partition coefficient (Wildman–Crippen LogP) is 1.63. The Morgan fingerprint density at radius 2 is 1.95 bits per heavy atom. The first-order valence-corrected chi connectivity index (χ1v) is 12.8. The minimum absolute atomic E-state index is 0.0463. The molecular formula is C26H37BN4O6. The molecule has 3 rings (SSSR count). The van der Waals surface area contributed by atoms with Gasteiger partial charge >= 0.3 is 13.2 Å². The number of carbonyl (C=O) groups is 2. The molecule has 2 aliphatic rings. The summed E-state index contributed by atoms with van der Waals surface area (Å²) < 4.78 is 10.8. The summed E-state index contributed by atoms with van der Waals surface area (Å²) in [5, 5.41) is 21.9. The van der Waals surface area contributed by atoms with Gasteiger partial charge in [0.15, 0.2) is 0 Å². The fraction of sp³-hybridized carbons (Fsp3) is 0.577. The number of morpholine rings is 1. The van der Waals surface area contributed by atoms with Crippen LogP contribution in [-0.2, 0) is 20.7 Å². The normalized spacial score (nSPS) is 20.0. The van der Waals surface area contributed by atoms with Gasteiger partial charge in [-0.15, -0.1) is 0 Å². The van der Waals surface area contributed by atoms with E-state index >= 15 is 0 Å². The summed E-state index contributed by atoms with van der Waals surface area (Å²) in [7, 11) is -1.76. The highest BCUT2D eigenvalue weighted by molar-refractivity contribution is 6.43. The van der Waals surface area contributed by atoms with Crippen LogP contribution in [0.15, 0.2) is 42.1 Å². The number of nitrogens with one attached hydrogen (secondary N) is 1. The van der Waals surface area contributed by atoms with Gasteiger partial charge in [0, 0.05) is 25.2 Å². The second-order valence-corrected chi connectivity index (χ2v) is 10.00. The molecule has 10 nitrogen and oxygen atoms in total. The Morgan fingerprint density at radius 1 is 1.24 bits per heavy atom. The maximum Gasteiger partial charge on any atom is 0.475 e. The zero-order chi connectivity index (χ0) is 26.8. The molecular weight excluding hydrogens is 475 g/mol. The fourth-order valence-corrected chi connectivity index (χ4v) is 4.76. The third kappa shape index (κ3) is 8.30. The van der Waals surface area contributed by atoms with E-state index in [0.717, 1.165) is 31.5 Å². The number of benzene rings is 1. The average molecular weight is 512 g/mol. The standard InChI is InChI=1S/C26H37BN4O6/c1-26(2,30-13-15-36-16-14-30)18-22(28-3)24(32)31-12-8-7-11-21(31)19-37-25(33)29-23(27(34)35)17-20-9-5-4-6-10-20/h4-6,9-10,18,21,23,34-35H,7-8,11-17,19H2,1-2H3,(H,29,33)/t21-,23+/m1/s1. The number of hydrogen-bond acceptors (Lipinski definition) is 7. The van der Waals surface area contributed by atoms with Gasteiger partial charge in [0.05, 0.1) is 31.8 Å². The maximum absolute atomic E-state index is 13.4. The molecule has 1 aromatic carbocycles. The topological polar surface area (TPSA) is 116 Å². The van der Waals surface area contributed by atoms with Gasteiger partial charge in [-0.1, -0.05) is 36.4 Å². The Kier molecular flexibility index (Phi) is 10.5. The van der Waals surface area contributed by atoms with E-state index in [1.54, 1.807) is 11.0 Å². The molecule has 37 heavy (non-hydrogen) atoms. The van der Waals surface area contributed by atoms with Crippen molar-refractivity contribution in [2.24, 2.45) is 0 Å². The molecule has 0 radical (unpaired) electrons. The number of ether oxygens (including phenoxy) is 2. The summed E-state index contributed by atoms with van der Waals surface area (Å²) in [6.45, 7) is 14.8. The van der Waals surface area contributed by atoms with Crippen molar-refractivity contribution in [2.45, 2.75) is 57.1 Å². The molecule has 0 spiro atoms. The second kappa shape index (κ2) is 13.6. The molecule has 11 heteroatoms. The van der Waals surface area contributed by atoms with Gasteiger partial charge in [0.2, 0.25) is 5.70 Å². The molecule has 200 valence electrons. The molecule has 2 atom stereocenters. The van der Waals surface area contributed by atoms with Crippen LogP contribution in [0.25, 0.3) is 4.85 Å². The largest absolute Gasteiger partial charge is 0.475 e. The highest BCUT2D eigenvalue weighted by Crippen LogP contribution is 2.24. The monoisotopic (exact) mass is 512 g/mol. The lowest BCUT2D eigenvalue weighted by molar-refractivity contribution is -0.131. The summed E-state index contributed by atoms with van der Waals surface area (Å²) in [6.07, 6.45) is 3.49. The summed E-state index contributed by atoms with van der Waals surface area (Å²) in [4.78, 5) is 33.3. The van der Waals surface area contributed by atoms with Gasteiger partial charge in [0.25, 0.3) is 5.91 Å². The first-order chi connectivity index (χ1) is 17.7. The Balaban J connectivity index is 1.61. The number of hydrogen-bond donors (Lipinski definition) is 3. The van der Waals surface area contributed by atoms with Crippen LogP contribution in [0, 0.1) is 6.57 Å². The molecule has 0 aliphatic carbocycles. The van der Waals surface area contributed by atoms with Crippen LogP contribution >= 0.6 is 0 Å². The maximum atomic E-state index is 13.4. The summed E-state index contributed by atoms with van der Waals surface area (Å²) >= 11 is 0. The van der Waals surface area contributed by atoms with E-state index in [-0.39, 0.29) is 30.7 Å². The molecule has 1 aromatic rings.